The van der Waals surface area contributed by atoms with E-state index in [1.165, 1.54) is 128 Å². The smallest absolute Gasteiger partial charge is 0.220 e. The molecule has 0 aromatic carbocycles. The summed E-state index contributed by atoms with van der Waals surface area (Å²) in [5.74, 6) is -0.242. The van der Waals surface area contributed by atoms with E-state index in [1.54, 1.807) is 6.08 Å². The van der Waals surface area contributed by atoms with Crippen LogP contribution in [0.4, 0.5) is 0 Å². The van der Waals surface area contributed by atoms with Crippen molar-refractivity contribution in [3.63, 3.8) is 0 Å². The van der Waals surface area contributed by atoms with E-state index in [4.69, 9.17) is 18.9 Å². The van der Waals surface area contributed by atoms with Gasteiger partial charge in [-0.05, 0) is 70.6 Å². The molecule has 2 rings (SSSR count). The van der Waals surface area contributed by atoms with E-state index < -0.39 is 86.8 Å². The van der Waals surface area contributed by atoms with Crippen molar-refractivity contribution >= 4 is 5.91 Å². The lowest BCUT2D eigenvalue weighted by Gasteiger charge is -2.46. The summed E-state index contributed by atoms with van der Waals surface area (Å²) in [6.07, 6.45) is 52.2. The van der Waals surface area contributed by atoms with Crippen LogP contribution in [0.15, 0.2) is 85.1 Å². The second-order valence-electron chi connectivity index (χ2n) is 22.2. The molecule has 2 saturated heterocycles. The van der Waals surface area contributed by atoms with Crippen LogP contribution in [0.1, 0.15) is 232 Å². The summed E-state index contributed by atoms with van der Waals surface area (Å²) in [4.78, 5) is 13.2. The second kappa shape index (κ2) is 50.7. The predicted molar refractivity (Wildman–Crippen MR) is 323 cm³/mol. The maximum atomic E-state index is 13.2. The molecule has 14 nitrogen and oxygen atoms in total. The molecule has 12 atom stereocenters. The Hall–Kier alpha value is -2.83. The molecule has 1 amide bonds. The van der Waals surface area contributed by atoms with Crippen LogP contribution in [-0.2, 0) is 23.7 Å². The van der Waals surface area contributed by atoms with Gasteiger partial charge < -0.3 is 65.1 Å². The number of allylic oxidation sites excluding steroid dienone is 13. The SMILES string of the molecule is CC/C=C\C/C=C\C/C=C\C/C=C\C/C=C\C/C=C\CCCCCCCCCCCCCCCCCCC(=O)NC(COC1OC(CO)C(OC2OC(CO)C(O)C(O)C2O)C(O)C1O)C(O)/C=C/CCCCCCCCCCC. The highest BCUT2D eigenvalue weighted by Gasteiger charge is 2.51. The molecule has 0 spiro atoms. The number of carbonyl (C=O) groups excluding carboxylic acids is 1. The third kappa shape index (κ3) is 35.3. The van der Waals surface area contributed by atoms with Crippen LogP contribution >= 0.6 is 0 Å². The molecule has 2 heterocycles. The van der Waals surface area contributed by atoms with E-state index in [9.17, 15) is 45.6 Å². The first-order chi connectivity index (χ1) is 39.1. The Morgan fingerprint density at radius 2 is 0.863 bits per heavy atom. The highest BCUT2D eigenvalue weighted by molar-refractivity contribution is 5.76. The fourth-order valence-electron chi connectivity index (χ4n) is 10.0. The molecule has 12 unspecified atom stereocenters. The van der Waals surface area contributed by atoms with Crippen molar-refractivity contribution in [3.8, 4) is 0 Å². The first kappa shape index (κ1) is 73.3. The van der Waals surface area contributed by atoms with Gasteiger partial charge in [0, 0.05) is 6.42 Å². The summed E-state index contributed by atoms with van der Waals surface area (Å²) in [6, 6.07) is -0.916. The maximum Gasteiger partial charge on any atom is 0.220 e. The van der Waals surface area contributed by atoms with Crippen molar-refractivity contribution in [2.75, 3.05) is 19.8 Å². The largest absolute Gasteiger partial charge is 0.394 e. The minimum absolute atomic E-state index is 0.242. The number of nitrogens with one attached hydrogen (secondary N) is 1. The minimum atomic E-state index is -1.79. The van der Waals surface area contributed by atoms with Gasteiger partial charge in [-0.1, -0.05) is 240 Å². The Kier molecular flexibility index (Phi) is 46.4. The number of unbranched alkanes of at least 4 members (excludes halogenated alkanes) is 25. The van der Waals surface area contributed by atoms with Crippen LogP contribution in [0, 0.1) is 0 Å². The van der Waals surface area contributed by atoms with Crippen LogP contribution in [0.5, 0.6) is 0 Å². The minimum Gasteiger partial charge on any atom is -0.394 e. The maximum absolute atomic E-state index is 13.2. The summed E-state index contributed by atoms with van der Waals surface area (Å²) in [7, 11) is 0. The van der Waals surface area contributed by atoms with Crippen LogP contribution in [0.3, 0.4) is 0 Å². The van der Waals surface area contributed by atoms with Gasteiger partial charge in [-0.3, -0.25) is 4.79 Å². The van der Waals surface area contributed by atoms with Crippen LogP contribution in [-0.4, -0.2) is 140 Å². The molecule has 2 aliphatic heterocycles. The Labute approximate surface area is 484 Å². The van der Waals surface area contributed by atoms with Crippen molar-refractivity contribution in [2.24, 2.45) is 0 Å². The fourth-order valence-corrected chi connectivity index (χ4v) is 10.0. The molecule has 80 heavy (non-hydrogen) atoms. The third-order valence-electron chi connectivity index (χ3n) is 15.1. The summed E-state index contributed by atoms with van der Waals surface area (Å²) < 4.78 is 22.7. The lowest BCUT2D eigenvalue weighted by atomic mass is 9.97. The summed E-state index contributed by atoms with van der Waals surface area (Å²) in [6.45, 7) is 2.66. The van der Waals surface area contributed by atoms with E-state index in [0.29, 0.717) is 6.42 Å². The summed E-state index contributed by atoms with van der Waals surface area (Å²) in [5.41, 5.74) is 0. The highest BCUT2D eigenvalue weighted by atomic mass is 16.7. The van der Waals surface area contributed by atoms with Gasteiger partial charge in [0.15, 0.2) is 12.6 Å². The molecule has 0 bridgehead atoms. The zero-order valence-corrected chi connectivity index (χ0v) is 49.8. The molecule has 0 saturated carbocycles. The molecule has 14 heteroatoms. The van der Waals surface area contributed by atoms with Gasteiger partial charge in [0.05, 0.1) is 32.0 Å². The van der Waals surface area contributed by atoms with E-state index in [2.05, 4.69) is 92.1 Å². The zero-order chi connectivity index (χ0) is 58.1. The number of aliphatic hydroxyl groups excluding tert-OH is 8. The van der Waals surface area contributed by atoms with Crippen molar-refractivity contribution in [2.45, 2.75) is 306 Å². The van der Waals surface area contributed by atoms with Crippen LogP contribution < -0.4 is 5.32 Å². The molecular formula is C66H115NO13. The van der Waals surface area contributed by atoms with Crippen molar-refractivity contribution < 1.29 is 64.6 Å². The molecule has 0 radical (unpaired) electrons. The molecule has 0 aliphatic carbocycles. The van der Waals surface area contributed by atoms with Gasteiger partial charge in [0.25, 0.3) is 0 Å². The Bertz CT molecular complexity index is 1660. The lowest BCUT2D eigenvalue weighted by Crippen LogP contribution is -2.65. The molecular weight excluding hydrogens is 1010 g/mol. The fraction of sp³-hybridized carbons (Fsp3) is 0.773. The van der Waals surface area contributed by atoms with E-state index in [-0.39, 0.29) is 18.9 Å². The van der Waals surface area contributed by atoms with Crippen LogP contribution in [0.25, 0.3) is 0 Å². The topological polar surface area (TPSA) is 228 Å². The highest BCUT2D eigenvalue weighted by Crippen LogP contribution is 2.30. The van der Waals surface area contributed by atoms with Gasteiger partial charge in [-0.15, -0.1) is 0 Å². The van der Waals surface area contributed by atoms with Gasteiger partial charge in [0.2, 0.25) is 5.91 Å². The average molecular weight is 1130 g/mol. The molecule has 0 aromatic rings. The number of carbonyl (C=O) groups is 1. The van der Waals surface area contributed by atoms with Crippen LogP contribution in [0.2, 0.25) is 0 Å². The average Bonchev–Trinajstić information content (AvgIpc) is 3.46. The number of aliphatic hydroxyl groups is 8. The monoisotopic (exact) mass is 1130 g/mol. The Balaban J connectivity index is 1.61. The molecule has 462 valence electrons. The first-order valence-corrected chi connectivity index (χ1v) is 31.8. The first-order valence-electron chi connectivity index (χ1n) is 31.8. The standard InChI is InChI=1S/C66H115NO13/c1-3-5-7-9-11-13-15-16-17-18-19-20-21-22-23-24-25-26-27-28-29-30-31-32-33-34-35-36-37-38-40-42-44-46-48-50-58(71)67-54(55(70)49-47-45-43-41-39-14-12-10-8-6-4-2)53-77-65-63(76)61(74)64(57(52-69)79-65)80-66-62(75)60(73)59(72)56(51-68)78-66/h5,7,11,13,16-17,19-20,22-23,25-26,47,49,54-57,59-66,68-70,72-76H,3-4,6,8-10,12,14-15,18,21,24,27-46,48,50-53H2,1-2H3,(H,67,71)/b7-5-,13-11-,17-16-,20-19-,23-22-,26-25-,49-47+. The molecule has 9 N–H and O–H groups in total. The summed E-state index contributed by atoms with van der Waals surface area (Å²) in [5, 5.41) is 87.0. The van der Waals surface area contributed by atoms with Gasteiger partial charge >= 0.3 is 0 Å². The van der Waals surface area contributed by atoms with Crippen molar-refractivity contribution in [3.05, 3.63) is 85.1 Å². The quantitative estimate of drug-likeness (QED) is 0.0204. The van der Waals surface area contributed by atoms with E-state index in [0.717, 1.165) is 77.0 Å². The van der Waals surface area contributed by atoms with Gasteiger partial charge in [-0.25, -0.2) is 0 Å². The number of ether oxygens (including phenoxy) is 4. The predicted octanol–water partition coefficient (Wildman–Crippen LogP) is 11.7. The molecule has 0 aromatic heterocycles. The molecule has 2 fully saturated rings. The number of amides is 1. The Morgan fingerprint density at radius 1 is 0.463 bits per heavy atom. The van der Waals surface area contributed by atoms with Gasteiger partial charge in [0.1, 0.15) is 48.8 Å². The Morgan fingerprint density at radius 3 is 1.32 bits per heavy atom. The number of hydrogen-bond donors (Lipinski definition) is 9. The van der Waals surface area contributed by atoms with Gasteiger partial charge in [-0.2, -0.15) is 0 Å². The lowest BCUT2D eigenvalue weighted by molar-refractivity contribution is -0.359. The molecule has 2 aliphatic rings. The van der Waals surface area contributed by atoms with E-state index >= 15 is 0 Å². The number of rotatable bonds is 50. The van der Waals surface area contributed by atoms with Crippen molar-refractivity contribution in [1.82, 2.24) is 5.32 Å². The van der Waals surface area contributed by atoms with E-state index in [1.807, 2.05) is 6.08 Å². The zero-order valence-electron chi connectivity index (χ0n) is 49.8. The number of hydrogen-bond acceptors (Lipinski definition) is 13. The third-order valence-corrected chi connectivity index (χ3v) is 15.1. The second-order valence-corrected chi connectivity index (χ2v) is 22.2. The normalized spacial score (nSPS) is 24.8. The summed E-state index contributed by atoms with van der Waals surface area (Å²) >= 11 is 0. The van der Waals surface area contributed by atoms with Crippen molar-refractivity contribution in [1.29, 1.82) is 0 Å².